The molecule has 1 atom stereocenters. The van der Waals surface area contributed by atoms with Crippen LogP contribution in [0.1, 0.15) is 63.0 Å². The molecule has 1 unspecified atom stereocenters. The maximum atomic E-state index is 3.80. The predicted octanol–water partition coefficient (Wildman–Crippen LogP) is 7.08. The summed E-state index contributed by atoms with van der Waals surface area (Å²) >= 11 is 5.62. The highest BCUT2D eigenvalue weighted by atomic mass is 79.9. The Kier molecular flexibility index (Phi) is 11.1. The molecule has 0 spiro atoms. The lowest BCUT2D eigenvalue weighted by molar-refractivity contribution is 0.594. The van der Waals surface area contributed by atoms with Gasteiger partial charge in [-0.2, -0.15) is 11.8 Å². The Morgan fingerprint density at radius 1 is 1.10 bits per heavy atom. The van der Waals surface area contributed by atoms with Gasteiger partial charge in [0.2, 0.25) is 0 Å². The molecule has 0 aliphatic heterocycles. The molecule has 0 bridgehead atoms. The van der Waals surface area contributed by atoms with Crippen LogP contribution in [-0.2, 0) is 5.75 Å². The van der Waals surface area contributed by atoms with Crippen molar-refractivity contribution in [2.75, 3.05) is 5.33 Å². The number of benzene rings is 1. The Balaban J connectivity index is 2.19. The van der Waals surface area contributed by atoms with Crippen molar-refractivity contribution in [3.63, 3.8) is 0 Å². The minimum atomic E-state index is 0.820. The van der Waals surface area contributed by atoms with Crippen LogP contribution < -0.4 is 0 Å². The summed E-state index contributed by atoms with van der Waals surface area (Å²) in [7, 11) is 0. The third kappa shape index (κ3) is 8.73. The zero-order chi connectivity index (χ0) is 15.3. The summed E-state index contributed by atoms with van der Waals surface area (Å²) in [5, 5.41) is 1.98. The molecule has 1 aromatic carbocycles. The monoisotopic (exact) mass is 368 g/mol. The van der Waals surface area contributed by atoms with Crippen molar-refractivity contribution < 1.29 is 0 Å². The Labute approximate surface area is 143 Å². The summed E-state index contributed by atoms with van der Waals surface area (Å²) in [6.07, 6.45) is 11.5. The topological polar surface area (TPSA) is 0 Å². The minimum absolute atomic E-state index is 0.820. The van der Waals surface area contributed by atoms with Gasteiger partial charge < -0.3 is 0 Å². The van der Waals surface area contributed by atoms with Crippen LogP contribution in [0.4, 0.5) is 0 Å². The lowest BCUT2D eigenvalue weighted by atomic mass is 10.1. The highest BCUT2D eigenvalue weighted by molar-refractivity contribution is 9.09. The molecule has 0 N–H and O–H groups in total. The molecule has 0 fully saturated rings. The largest absolute Gasteiger partial charge is 0.154 e. The van der Waals surface area contributed by atoms with E-state index in [9.17, 15) is 0 Å². The van der Waals surface area contributed by atoms with Crippen LogP contribution in [0.25, 0.3) is 6.08 Å². The Morgan fingerprint density at radius 3 is 2.38 bits per heavy atom. The number of halogens is 1. The van der Waals surface area contributed by atoms with Gasteiger partial charge in [-0.1, -0.05) is 85.5 Å². The number of rotatable bonds is 12. The van der Waals surface area contributed by atoms with E-state index in [1.54, 1.807) is 0 Å². The van der Waals surface area contributed by atoms with Crippen molar-refractivity contribution in [1.82, 2.24) is 0 Å². The molecule has 0 saturated carbocycles. The highest BCUT2D eigenvalue weighted by Crippen LogP contribution is 2.25. The van der Waals surface area contributed by atoms with E-state index in [1.807, 2.05) is 6.08 Å². The summed E-state index contributed by atoms with van der Waals surface area (Å²) in [6.45, 7) is 6.12. The molecular formula is C19H29BrS. The van der Waals surface area contributed by atoms with Crippen LogP contribution in [-0.4, -0.2) is 10.6 Å². The second-order valence-electron chi connectivity index (χ2n) is 5.53. The molecule has 1 aromatic rings. The van der Waals surface area contributed by atoms with Crippen LogP contribution in [0.15, 0.2) is 30.8 Å². The molecule has 0 nitrogen and oxygen atoms in total. The van der Waals surface area contributed by atoms with Gasteiger partial charge in [0, 0.05) is 16.3 Å². The molecule has 0 aliphatic carbocycles. The van der Waals surface area contributed by atoms with Crippen LogP contribution >= 0.6 is 27.7 Å². The van der Waals surface area contributed by atoms with E-state index in [4.69, 9.17) is 0 Å². The SMILES string of the molecule is C=Cc1ccc(CSC(CC)CCCCCCCBr)cc1. The molecule has 0 aromatic heterocycles. The zero-order valence-electron chi connectivity index (χ0n) is 13.3. The average Bonchev–Trinajstić information content (AvgIpc) is 2.54. The summed E-state index contributed by atoms with van der Waals surface area (Å²) in [4.78, 5) is 0. The fraction of sp³-hybridized carbons (Fsp3) is 0.579. The normalized spacial score (nSPS) is 12.3. The van der Waals surface area contributed by atoms with Crippen molar-refractivity contribution in [2.45, 2.75) is 62.9 Å². The predicted molar refractivity (Wildman–Crippen MR) is 103 cm³/mol. The average molecular weight is 369 g/mol. The van der Waals surface area contributed by atoms with E-state index in [-0.39, 0.29) is 0 Å². The molecule has 0 amide bonds. The number of unbranched alkanes of at least 4 members (excludes halogenated alkanes) is 4. The van der Waals surface area contributed by atoms with E-state index in [0.29, 0.717) is 0 Å². The molecule has 2 heteroatoms. The van der Waals surface area contributed by atoms with E-state index < -0.39 is 0 Å². The van der Waals surface area contributed by atoms with Gasteiger partial charge in [-0.3, -0.25) is 0 Å². The van der Waals surface area contributed by atoms with Gasteiger partial charge in [-0.15, -0.1) is 0 Å². The van der Waals surface area contributed by atoms with E-state index in [2.05, 4.69) is 65.5 Å². The summed E-state index contributed by atoms with van der Waals surface area (Å²) in [6, 6.07) is 8.79. The van der Waals surface area contributed by atoms with Crippen LogP contribution in [0, 0.1) is 0 Å². The number of hydrogen-bond acceptors (Lipinski definition) is 1. The number of alkyl halides is 1. The molecule has 0 saturated heterocycles. The Hall–Kier alpha value is -0.210. The molecular weight excluding hydrogens is 340 g/mol. The van der Waals surface area contributed by atoms with Crippen molar-refractivity contribution in [3.05, 3.63) is 42.0 Å². The molecule has 0 radical (unpaired) electrons. The first kappa shape index (κ1) is 18.8. The molecule has 0 aliphatic rings. The van der Waals surface area contributed by atoms with Gasteiger partial charge in [-0.25, -0.2) is 0 Å². The second kappa shape index (κ2) is 12.3. The highest BCUT2D eigenvalue weighted by Gasteiger charge is 2.07. The van der Waals surface area contributed by atoms with Crippen LogP contribution in [0.5, 0.6) is 0 Å². The Morgan fingerprint density at radius 2 is 1.76 bits per heavy atom. The number of thioether (sulfide) groups is 1. The molecule has 21 heavy (non-hydrogen) atoms. The fourth-order valence-corrected chi connectivity index (χ4v) is 3.95. The molecule has 118 valence electrons. The van der Waals surface area contributed by atoms with Gasteiger partial charge in [0.25, 0.3) is 0 Å². The summed E-state index contributed by atoms with van der Waals surface area (Å²) in [5.41, 5.74) is 2.64. The smallest absolute Gasteiger partial charge is 0.0187 e. The lowest BCUT2D eigenvalue weighted by Gasteiger charge is -2.14. The van der Waals surface area contributed by atoms with Crippen LogP contribution in [0.2, 0.25) is 0 Å². The first-order chi connectivity index (χ1) is 10.3. The van der Waals surface area contributed by atoms with Gasteiger partial charge in [-0.05, 0) is 30.4 Å². The fourth-order valence-electron chi connectivity index (χ4n) is 2.37. The summed E-state index contributed by atoms with van der Waals surface area (Å²) < 4.78 is 0. The van der Waals surface area contributed by atoms with E-state index >= 15 is 0 Å². The second-order valence-corrected chi connectivity index (χ2v) is 7.61. The van der Waals surface area contributed by atoms with Gasteiger partial charge in [0.1, 0.15) is 0 Å². The zero-order valence-corrected chi connectivity index (χ0v) is 15.7. The maximum absolute atomic E-state index is 3.80. The van der Waals surface area contributed by atoms with E-state index in [1.165, 1.54) is 56.1 Å². The third-order valence-corrected chi connectivity index (χ3v) is 5.92. The van der Waals surface area contributed by atoms with Crippen molar-refractivity contribution >= 4 is 33.8 Å². The molecule has 0 heterocycles. The first-order valence-electron chi connectivity index (χ1n) is 8.19. The lowest BCUT2D eigenvalue weighted by Crippen LogP contribution is -2.01. The minimum Gasteiger partial charge on any atom is -0.154 e. The third-order valence-electron chi connectivity index (χ3n) is 3.82. The standard InChI is InChI=1S/C19H29BrS/c1-3-17-11-13-18(14-12-17)16-21-19(4-2)10-8-6-5-7-9-15-20/h3,11-14,19H,1,4-10,15-16H2,2H3. The van der Waals surface area contributed by atoms with Gasteiger partial charge >= 0.3 is 0 Å². The maximum Gasteiger partial charge on any atom is 0.0187 e. The van der Waals surface area contributed by atoms with E-state index in [0.717, 1.165) is 16.3 Å². The van der Waals surface area contributed by atoms with Crippen molar-refractivity contribution in [1.29, 1.82) is 0 Å². The van der Waals surface area contributed by atoms with Gasteiger partial charge in [0.05, 0.1) is 0 Å². The quantitative estimate of drug-likeness (QED) is 0.280. The Bertz CT molecular complexity index is 372. The van der Waals surface area contributed by atoms with Crippen LogP contribution in [0.3, 0.4) is 0 Å². The summed E-state index contributed by atoms with van der Waals surface area (Å²) in [5.74, 6) is 1.14. The van der Waals surface area contributed by atoms with Crippen molar-refractivity contribution in [3.8, 4) is 0 Å². The van der Waals surface area contributed by atoms with Crippen molar-refractivity contribution in [2.24, 2.45) is 0 Å². The number of hydrogen-bond donors (Lipinski definition) is 0. The molecule has 1 rings (SSSR count). The first-order valence-corrected chi connectivity index (χ1v) is 10.4. The van der Waals surface area contributed by atoms with Gasteiger partial charge in [0.15, 0.2) is 0 Å².